The molecule has 1 saturated heterocycles. The minimum atomic E-state index is -0.0156. The first-order valence-corrected chi connectivity index (χ1v) is 9.64. The number of hydrogen-bond acceptors (Lipinski definition) is 4. The molecular weight excluding hydrogens is 316 g/mol. The molecule has 140 valence electrons. The highest BCUT2D eigenvalue weighted by Gasteiger charge is 2.40. The van der Waals surface area contributed by atoms with Gasteiger partial charge in [0.1, 0.15) is 0 Å². The fraction of sp³-hybridized carbons (Fsp3) is 0.750. The molecule has 1 saturated carbocycles. The van der Waals surface area contributed by atoms with Crippen LogP contribution in [-0.2, 0) is 11.3 Å². The van der Waals surface area contributed by atoms with Crippen LogP contribution in [0.5, 0.6) is 5.75 Å². The summed E-state index contributed by atoms with van der Waals surface area (Å²) in [7, 11) is 3.61. The van der Waals surface area contributed by atoms with E-state index in [1.54, 1.807) is 13.3 Å². The Labute approximate surface area is 150 Å². The van der Waals surface area contributed by atoms with E-state index in [0.29, 0.717) is 12.3 Å². The van der Waals surface area contributed by atoms with Gasteiger partial charge in [0.15, 0.2) is 5.75 Å². The Kier molecular flexibility index (Phi) is 5.85. The number of nitrogens with one attached hydrogen (secondary N) is 1. The quantitative estimate of drug-likeness (QED) is 0.886. The molecule has 0 radical (unpaired) electrons. The molecule has 1 aromatic rings. The lowest BCUT2D eigenvalue weighted by Crippen LogP contribution is -2.34. The second-order valence-corrected chi connectivity index (χ2v) is 7.87. The fourth-order valence-corrected chi connectivity index (χ4v) is 4.47. The summed E-state index contributed by atoms with van der Waals surface area (Å²) in [5.74, 6) is 0.417. The largest absolute Gasteiger partial charge is 0.491 e. The van der Waals surface area contributed by atoms with Gasteiger partial charge < -0.3 is 14.5 Å². The number of pyridine rings is 1. The maximum absolute atomic E-state index is 12.5. The Morgan fingerprint density at radius 1 is 1.28 bits per heavy atom. The second-order valence-electron chi connectivity index (χ2n) is 7.87. The van der Waals surface area contributed by atoms with Gasteiger partial charge in [-0.05, 0) is 39.7 Å². The highest BCUT2D eigenvalue weighted by atomic mass is 16.5. The minimum Gasteiger partial charge on any atom is -0.491 e. The molecule has 1 aromatic heterocycles. The molecule has 2 fully saturated rings. The third-order valence-electron chi connectivity index (χ3n) is 5.81. The van der Waals surface area contributed by atoms with Crippen LogP contribution in [0.4, 0.5) is 0 Å². The summed E-state index contributed by atoms with van der Waals surface area (Å²) in [6.45, 7) is 3.34. The smallest absolute Gasteiger partial charge is 0.228 e. The first kappa shape index (κ1) is 18.5. The molecular formula is C20H32N2O3. The van der Waals surface area contributed by atoms with Crippen LogP contribution in [0.15, 0.2) is 11.0 Å². The second kappa shape index (κ2) is 7.92. The topological polar surface area (TPSA) is 54.6 Å². The van der Waals surface area contributed by atoms with Crippen LogP contribution in [0.1, 0.15) is 62.6 Å². The number of H-pyrrole nitrogens is 1. The highest BCUT2D eigenvalue weighted by Crippen LogP contribution is 2.41. The van der Waals surface area contributed by atoms with E-state index >= 15 is 0 Å². The number of rotatable bonds is 5. The van der Waals surface area contributed by atoms with Gasteiger partial charge in [-0.1, -0.05) is 25.7 Å². The summed E-state index contributed by atoms with van der Waals surface area (Å²) in [4.78, 5) is 17.8. The molecule has 25 heavy (non-hydrogen) atoms. The number of nitrogens with zero attached hydrogens (tertiary/aromatic N) is 1. The van der Waals surface area contributed by atoms with E-state index < -0.39 is 0 Å². The van der Waals surface area contributed by atoms with Crippen LogP contribution in [0.2, 0.25) is 0 Å². The fourth-order valence-electron chi connectivity index (χ4n) is 4.47. The van der Waals surface area contributed by atoms with Crippen molar-refractivity contribution in [1.29, 1.82) is 0 Å². The molecule has 0 amide bonds. The summed E-state index contributed by atoms with van der Waals surface area (Å²) in [6.07, 6.45) is 12.2. The summed E-state index contributed by atoms with van der Waals surface area (Å²) in [6, 6.07) is 0. The van der Waals surface area contributed by atoms with E-state index in [0.717, 1.165) is 24.2 Å². The maximum atomic E-state index is 12.5. The van der Waals surface area contributed by atoms with Crippen molar-refractivity contribution in [2.45, 2.75) is 76.5 Å². The molecule has 1 N–H and O–H groups in total. The number of likely N-dealkylation sites (N-methyl/N-ethyl adjacent to an activating group) is 1. The predicted molar refractivity (Wildman–Crippen MR) is 99.2 cm³/mol. The summed E-state index contributed by atoms with van der Waals surface area (Å²) in [5.41, 5.74) is 1.64. The molecule has 0 bridgehead atoms. The Morgan fingerprint density at radius 2 is 2.00 bits per heavy atom. The van der Waals surface area contributed by atoms with Gasteiger partial charge in [-0.15, -0.1) is 0 Å². The van der Waals surface area contributed by atoms with Gasteiger partial charge in [0, 0.05) is 24.8 Å². The van der Waals surface area contributed by atoms with Crippen molar-refractivity contribution in [2.75, 3.05) is 20.7 Å². The Morgan fingerprint density at radius 3 is 2.68 bits per heavy atom. The van der Waals surface area contributed by atoms with Gasteiger partial charge in [-0.2, -0.15) is 0 Å². The van der Waals surface area contributed by atoms with Crippen molar-refractivity contribution in [2.24, 2.45) is 0 Å². The van der Waals surface area contributed by atoms with Gasteiger partial charge in [0.25, 0.3) is 0 Å². The number of methoxy groups -OCH3 is 1. The van der Waals surface area contributed by atoms with E-state index in [1.165, 1.54) is 44.9 Å². The van der Waals surface area contributed by atoms with Gasteiger partial charge in [0.2, 0.25) is 5.43 Å². The lowest BCUT2D eigenvalue weighted by molar-refractivity contribution is -0.0589. The molecule has 1 spiro atoms. The number of hydrogen-bond donors (Lipinski definition) is 1. The monoisotopic (exact) mass is 348 g/mol. The normalized spacial score (nSPS) is 23.1. The average Bonchev–Trinajstić information content (AvgIpc) is 2.82. The SMILES string of the molecule is COc1c(C)[nH]cc(CN(C)CC2CCC3(CCCCCC3)O2)c1=O. The lowest BCUT2D eigenvalue weighted by atomic mass is 9.91. The highest BCUT2D eigenvalue weighted by molar-refractivity contribution is 5.30. The summed E-state index contributed by atoms with van der Waals surface area (Å²) >= 11 is 0. The number of aromatic amines is 1. The molecule has 5 nitrogen and oxygen atoms in total. The van der Waals surface area contributed by atoms with Crippen LogP contribution in [0.3, 0.4) is 0 Å². The van der Waals surface area contributed by atoms with Crippen LogP contribution >= 0.6 is 0 Å². The van der Waals surface area contributed by atoms with Crippen LogP contribution in [0.25, 0.3) is 0 Å². The molecule has 1 unspecified atom stereocenters. The molecule has 1 aliphatic carbocycles. The van der Waals surface area contributed by atoms with Gasteiger partial charge >= 0.3 is 0 Å². The molecule has 0 aromatic carbocycles. The minimum absolute atomic E-state index is 0.0156. The molecule has 2 heterocycles. The average molecular weight is 348 g/mol. The Hall–Kier alpha value is -1.33. The van der Waals surface area contributed by atoms with E-state index in [2.05, 4.69) is 16.9 Å². The predicted octanol–water partition coefficient (Wildman–Crippen LogP) is 3.40. The van der Waals surface area contributed by atoms with Crippen molar-refractivity contribution in [3.8, 4) is 5.75 Å². The molecule has 2 aliphatic rings. The van der Waals surface area contributed by atoms with Gasteiger partial charge in [-0.3, -0.25) is 9.69 Å². The van der Waals surface area contributed by atoms with E-state index in [-0.39, 0.29) is 17.1 Å². The summed E-state index contributed by atoms with van der Waals surface area (Å²) < 4.78 is 11.8. The first-order valence-electron chi connectivity index (χ1n) is 9.64. The van der Waals surface area contributed by atoms with E-state index in [1.807, 2.05) is 6.92 Å². The van der Waals surface area contributed by atoms with Crippen LogP contribution < -0.4 is 10.2 Å². The zero-order chi connectivity index (χ0) is 17.9. The standard InChI is InChI=1S/C20H32N2O3/c1-15-19(24-3)18(23)16(12-21-15)13-22(2)14-17-8-11-20(25-17)9-6-4-5-7-10-20/h12,17H,4-11,13-14H2,1-3H3,(H,21,23). The number of aromatic nitrogens is 1. The first-order chi connectivity index (χ1) is 12.0. The third kappa shape index (κ3) is 4.26. The Bertz CT molecular complexity index is 632. The van der Waals surface area contributed by atoms with Crippen LogP contribution in [-0.4, -0.2) is 42.3 Å². The van der Waals surface area contributed by atoms with Gasteiger partial charge in [0.05, 0.1) is 24.5 Å². The lowest BCUT2D eigenvalue weighted by Gasteiger charge is -2.29. The number of ether oxygens (including phenoxy) is 2. The van der Waals surface area contributed by atoms with Crippen molar-refractivity contribution >= 4 is 0 Å². The van der Waals surface area contributed by atoms with E-state index in [9.17, 15) is 4.79 Å². The molecule has 1 atom stereocenters. The zero-order valence-electron chi connectivity index (χ0n) is 15.9. The van der Waals surface area contributed by atoms with Crippen molar-refractivity contribution < 1.29 is 9.47 Å². The van der Waals surface area contributed by atoms with Gasteiger partial charge in [-0.25, -0.2) is 0 Å². The maximum Gasteiger partial charge on any atom is 0.228 e. The summed E-state index contributed by atoms with van der Waals surface area (Å²) in [5, 5.41) is 0. The Balaban J connectivity index is 1.58. The molecule has 3 rings (SSSR count). The van der Waals surface area contributed by atoms with Crippen molar-refractivity contribution in [3.63, 3.8) is 0 Å². The third-order valence-corrected chi connectivity index (χ3v) is 5.81. The van der Waals surface area contributed by atoms with Crippen molar-refractivity contribution in [1.82, 2.24) is 9.88 Å². The van der Waals surface area contributed by atoms with Crippen LogP contribution in [0, 0.1) is 6.92 Å². The number of aryl methyl sites for hydroxylation is 1. The molecule has 5 heteroatoms. The van der Waals surface area contributed by atoms with E-state index in [4.69, 9.17) is 9.47 Å². The molecule has 1 aliphatic heterocycles. The zero-order valence-corrected chi connectivity index (χ0v) is 15.9. The van der Waals surface area contributed by atoms with Crippen molar-refractivity contribution in [3.05, 3.63) is 27.7 Å².